The van der Waals surface area contributed by atoms with Crippen molar-refractivity contribution in [3.8, 4) is 0 Å². The van der Waals surface area contributed by atoms with E-state index in [1.807, 2.05) is 6.92 Å². The van der Waals surface area contributed by atoms with Crippen LogP contribution in [0.4, 0.5) is 0 Å². The molecule has 0 rings (SSSR count). The maximum absolute atomic E-state index is 11.1. The van der Waals surface area contributed by atoms with Gasteiger partial charge in [0.2, 0.25) is 15.9 Å². The Balaban J connectivity index is 3.68. The summed E-state index contributed by atoms with van der Waals surface area (Å²) in [6, 6.07) is 0. The van der Waals surface area contributed by atoms with Crippen LogP contribution in [0.2, 0.25) is 0 Å². The molecule has 0 radical (unpaired) electrons. The van der Waals surface area contributed by atoms with Crippen LogP contribution in [0.1, 0.15) is 26.7 Å². The van der Waals surface area contributed by atoms with Gasteiger partial charge in [0.25, 0.3) is 0 Å². The van der Waals surface area contributed by atoms with Gasteiger partial charge in [-0.3, -0.25) is 4.79 Å². The van der Waals surface area contributed by atoms with E-state index in [-0.39, 0.29) is 24.6 Å². The van der Waals surface area contributed by atoms with E-state index >= 15 is 0 Å². The van der Waals surface area contributed by atoms with E-state index in [0.29, 0.717) is 13.0 Å². The molecule has 6 heteroatoms. The first-order valence-corrected chi connectivity index (χ1v) is 6.41. The molecule has 0 aliphatic carbocycles. The molecule has 0 aromatic rings. The Bertz CT molecular complexity index is 262. The minimum absolute atomic E-state index is 0.113. The van der Waals surface area contributed by atoms with Gasteiger partial charge in [-0.1, -0.05) is 6.92 Å². The fraction of sp³-hybridized carbons (Fsp3) is 0.875. The summed E-state index contributed by atoms with van der Waals surface area (Å²) in [4.78, 5) is 10.9. The summed E-state index contributed by atoms with van der Waals surface area (Å²) in [7, 11) is -3.17. The van der Waals surface area contributed by atoms with Gasteiger partial charge in [-0.15, -0.1) is 0 Å². The van der Waals surface area contributed by atoms with Crippen LogP contribution in [0.25, 0.3) is 0 Å². The van der Waals surface area contributed by atoms with Gasteiger partial charge in [0.05, 0.1) is 5.75 Å². The average molecular weight is 222 g/mol. The second kappa shape index (κ2) is 6.78. The molecule has 0 spiro atoms. The van der Waals surface area contributed by atoms with Crippen LogP contribution >= 0.6 is 0 Å². The van der Waals surface area contributed by atoms with Gasteiger partial charge in [0.1, 0.15) is 0 Å². The van der Waals surface area contributed by atoms with Crippen molar-refractivity contribution >= 4 is 15.9 Å². The second-order valence-electron chi connectivity index (χ2n) is 2.92. The molecule has 0 bridgehead atoms. The maximum atomic E-state index is 11.1. The highest BCUT2D eigenvalue weighted by Crippen LogP contribution is 1.88. The maximum Gasteiger partial charge on any atom is 0.221 e. The minimum Gasteiger partial charge on any atom is -0.356 e. The predicted molar refractivity (Wildman–Crippen MR) is 55.4 cm³/mol. The lowest BCUT2D eigenvalue weighted by atomic mass is 10.4. The van der Waals surface area contributed by atoms with E-state index in [1.165, 1.54) is 0 Å². The number of carbonyl (C=O) groups excluding carboxylic acids is 1. The van der Waals surface area contributed by atoms with E-state index in [4.69, 9.17) is 0 Å². The van der Waals surface area contributed by atoms with Crippen LogP contribution in [-0.4, -0.2) is 33.2 Å². The molecule has 84 valence electrons. The van der Waals surface area contributed by atoms with Crippen molar-refractivity contribution in [1.82, 2.24) is 10.0 Å². The second-order valence-corrected chi connectivity index (χ2v) is 4.84. The number of amides is 1. The number of hydrogen-bond donors (Lipinski definition) is 2. The molecule has 0 unspecified atom stereocenters. The molecule has 0 aromatic heterocycles. The molecule has 0 fully saturated rings. The van der Waals surface area contributed by atoms with Crippen LogP contribution in [0.3, 0.4) is 0 Å². The molecule has 0 aromatic carbocycles. The monoisotopic (exact) mass is 222 g/mol. The van der Waals surface area contributed by atoms with Gasteiger partial charge in [-0.05, 0) is 13.3 Å². The van der Waals surface area contributed by atoms with E-state index in [9.17, 15) is 13.2 Å². The smallest absolute Gasteiger partial charge is 0.221 e. The molecule has 1 amide bonds. The molecule has 2 N–H and O–H groups in total. The van der Waals surface area contributed by atoms with Gasteiger partial charge in [0, 0.05) is 19.5 Å². The third-order valence-corrected chi connectivity index (χ3v) is 3.11. The van der Waals surface area contributed by atoms with Crippen LogP contribution in [0.5, 0.6) is 0 Å². The molecule has 0 saturated carbocycles. The van der Waals surface area contributed by atoms with Gasteiger partial charge in [-0.25, -0.2) is 13.1 Å². The first-order valence-electron chi connectivity index (χ1n) is 4.76. The van der Waals surface area contributed by atoms with Crippen molar-refractivity contribution in [2.75, 3.05) is 18.8 Å². The number of sulfonamides is 1. The number of rotatable bonds is 7. The van der Waals surface area contributed by atoms with Gasteiger partial charge in [-0.2, -0.15) is 0 Å². The predicted octanol–water partition coefficient (Wildman–Crippen LogP) is -0.158. The minimum atomic E-state index is -3.17. The zero-order chi connectivity index (χ0) is 11.0. The largest absolute Gasteiger partial charge is 0.356 e. The first kappa shape index (κ1) is 13.4. The summed E-state index contributed by atoms with van der Waals surface area (Å²) in [5.41, 5.74) is 0. The first-order chi connectivity index (χ1) is 6.52. The van der Waals surface area contributed by atoms with E-state index in [0.717, 1.165) is 0 Å². The Labute approximate surface area is 85.3 Å². The van der Waals surface area contributed by atoms with E-state index in [1.54, 1.807) is 6.92 Å². The topological polar surface area (TPSA) is 75.3 Å². The lowest BCUT2D eigenvalue weighted by Crippen LogP contribution is -2.31. The third kappa shape index (κ3) is 6.85. The Morgan fingerprint density at radius 2 is 1.93 bits per heavy atom. The van der Waals surface area contributed by atoms with Crippen molar-refractivity contribution < 1.29 is 13.2 Å². The number of hydrogen-bond acceptors (Lipinski definition) is 3. The van der Waals surface area contributed by atoms with Crippen LogP contribution in [0.15, 0.2) is 0 Å². The number of carbonyl (C=O) groups is 1. The van der Waals surface area contributed by atoms with Crippen LogP contribution in [-0.2, 0) is 14.8 Å². The summed E-state index contributed by atoms with van der Waals surface area (Å²) in [5, 5.41) is 2.59. The van der Waals surface area contributed by atoms with Crippen LogP contribution in [0, 0.1) is 0 Å². The normalized spacial score (nSPS) is 11.3. The fourth-order valence-electron chi connectivity index (χ4n) is 0.947. The van der Waals surface area contributed by atoms with Crippen molar-refractivity contribution in [3.05, 3.63) is 0 Å². The van der Waals surface area contributed by atoms with Crippen molar-refractivity contribution in [1.29, 1.82) is 0 Å². The zero-order valence-corrected chi connectivity index (χ0v) is 9.49. The molecule has 0 aliphatic heterocycles. The van der Waals surface area contributed by atoms with E-state index < -0.39 is 10.0 Å². The Hall–Kier alpha value is -0.620. The molecule has 14 heavy (non-hydrogen) atoms. The lowest BCUT2D eigenvalue weighted by Gasteiger charge is -2.05. The fourth-order valence-corrected chi connectivity index (χ4v) is 2.04. The molecule has 0 atom stereocenters. The van der Waals surface area contributed by atoms with E-state index in [2.05, 4.69) is 10.0 Å². The number of nitrogens with one attached hydrogen (secondary N) is 2. The quantitative estimate of drug-likeness (QED) is 0.628. The summed E-state index contributed by atoms with van der Waals surface area (Å²) < 4.78 is 24.6. The van der Waals surface area contributed by atoms with Crippen LogP contribution < -0.4 is 10.0 Å². The molecular formula is C8H18N2O3S. The Morgan fingerprint density at radius 1 is 1.29 bits per heavy atom. The standard InChI is InChI=1S/C8H18N2O3S/c1-3-7-14(12,13)10-6-5-8(11)9-4-2/h10H,3-7H2,1-2H3,(H,9,11). The summed E-state index contributed by atoms with van der Waals surface area (Å²) in [6.45, 7) is 4.36. The molecule has 0 heterocycles. The highest BCUT2D eigenvalue weighted by atomic mass is 32.2. The summed E-state index contributed by atoms with van der Waals surface area (Å²) in [6.07, 6.45) is 0.771. The third-order valence-electron chi connectivity index (χ3n) is 1.52. The average Bonchev–Trinajstić information content (AvgIpc) is 2.03. The highest BCUT2D eigenvalue weighted by Gasteiger charge is 2.08. The molecule has 0 aliphatic rings. The van der Waals surface area contributed by atoms with Crippen molar-refractivity contribution in [2.24, 2.45) is 0 Å². The van der Waals surface area contributed by atoms with Gasteiger partial charge >= 0.3 is 0 Å². The molecule has 5 nitrogen and oxygen atoms in total. The zero-order valence-electron chi connectivity index (χ0n) is 8.67. The summed E-state index contributed by atoms with van der Waals surface area (Å²) in [5.74, 6) is -0.0192. The molecule has 0 saturated heterocycles. The SMILES string of the molecule is CCCS(=O)(=O)NCCC(=O)NCC. The van der Waals surface area contributed by atoms with Crippen molar-refractivity contribution in [2.45, 2.75) is 26.7 Å². The Morgan fingerprint density at radius 3 is 2.43 bits per heavy atom. The molecular weight excluding hydrogens is 204 g/mol. The highest BCUT2D eigenvalue weighted by molar-refractivity contribution is 7.89. The van der Waals surface area contributed by atoms with Gasteiger partial charge < -0.3 is 5.32 Å². The lowest BCUT2D eigenvalue weighted by molar-refractivity contribution is -0.120. The van der Waals surface area contributed by atoms with Crippen molar-refractivity contribution in [3.63, 3.8) is 0 Å². The Kier molecular flexibility index (Phi) is 6.48. The summed E-state index contributed by atoms with van der Waals surface area (Å²) >= 11 is 0. The van der Waals surface area contributed by atoms with Gasteiger partial charge in [0.15, 0.2) is 0 Å².